The van der Waals surface area contributed by atoms with E-state index in [1.54, 1.807) is 0 Å². The summed E-state index contributed by atoms with van der Waals surface area (Å²) in [6, 6.07) is 0.167. The lowest BCUT2D eigenvalue weighted by Gasteiger charge is -2.10. The number of hydrogen-bond donors (Lipinski definition) is 1. The van der Waals surface area contributed by atoms with Gasteiger partial charge in [0.25, 0.3) is 0 Å². The highest BCUT2D eigenvalue weighted by Gasteiger charge is 2.23. The lowest BCUT2D eigenvalue weighted by Crippen LogP contribution is -2.33. The third-order valence-corrected chi connectivity index (χ3v) is 1.97. The molecule has 1 N–H and O–H groups in total. The Kier molecular flexibility index (Phi) is 2.44. The summed E-state index contributed by atoms with van der Waals surface area (Å²) in [6.45, 7) is 4.94. The van der Waals surface area contributed by atoms with Crippen LogP contribution in [0, 0.1) is 5.92 Å². The molecule has 10 heavy (non-hydrogen) atoms. The van der Waals surface area contributed by atoms with Crippen LogP contribution in [0.15, 0.2) is 0 Å². The fourth-order valence-corrected chi connectivity index (χ4v) is 1.33. The topological polar surface area (TPSA) is 29.1 Å². The van der Waals surface area contributed by atoms with E-state index in [1.165, 1.54) is 0 Å². The summed E-state index contributed by atoms with van der Waals surface area (Å²) in [5.74, 6) is 0.563. The fourth-order valence-electron chi connectivity index (χ4n) is 1.33. The van der Waals surface area contributed by atoms with Crippen molar-refractivity contribution in [3.63, 3.8) is 0 Å². The number of ketones is 1. The second-order valence-corrected chi connectivity index (χ2v) is 3.21. The quantitative estimate of drug-likeness (QED) is 0.629. The Morgan fingerprint density at radius 2 is 2.40 bits per heavy atom. The van der Waals surface area contributed by atoms with Gasteiger partial charge in [0.05, 0.1) is 6.04 Å². The van der Waals surface area contributed by atoms with Gasteiger partial charge in [0.1, 0.15) is 0 Å². The van der Waals surface area contributed by atoms with Gasteiger partial charge < -0.3 is 5.32 Å². The Morgan fingerprint density at radius 1 is 1.70 bits per heavy atom. The van der Waals surface area contributed by atoms with Crippen LogP contribution in [-0.4, -0.2) is 18.4 Å². The third-order valence-electron chi connectivity index (χ3n) is 1.97. The normalized spacial score (nSPS) is 25.7. The van der Waals surface area contributed by atoms with E-state index in [2.05, 4.69) is 5.32 Å². The van der Waals surface area contributed by atoms with Crippen molar-refractivity contribution in [2.45, 2.75) is 32.7 Å². The standard InChI is InChI=1S/C8H15NO.H2/c1-6(2)8(10)7-4-3-5-9-7;/h6-7,9H,3-5H2,1-2H3;1H/t7-;/m0./s1. The van der Waals surface area contributed by atoms with Crippen LogP contribution >= 0.6 is 0 Å². The highest BCUT2D eigenvalue weighted by Crippen LogP contribution is 2.10. The minimum absolute atomic E-state index is 0. The molecule has 1 rings (SSSR count). The summed E-state index contributed by atoms with van der Waals surface area (Å²) in [6.07, 6.45) is 2.19. The molecule has 2 nitrogen and oxygen atoms in total. The van der Waals surface area contributed by atoms with Crippen LogP contribution in [-0.2, 0) is 4.79 Å². The molecule has 1 heterocycles. The zero-order chi connectivity index (χ0) is 7.56. The van der Waals surface area contributed by atoms with E-state index in [1.807, 2.05) is 13.8 Å². The Labute approximate surface area is 63.5 Å². The molecule has 0 saturated carbocycles. The molecule has 0 radical (unpaired) electrons. The lowest BCUT2D eigenvalue weighted by molar-refractivity contribution is -0.123. The number of rotatable bonds is 2. The van der Waals surface area contributed by atoms with E-state index < -0.39 is 0 Å². The molecular formula is C8H17NO. The maximum Gasteiger partial charge on any atom is 0.152 e. The Morgan fingerprint density at radius 3 is 2.80 bits per heavy atom. The molecule has 1 aliphatic heterocycles. The van der Waals surface area contributed by atoms with Crippen LogP contribution in [0.5, 0.6) is 0 Å². The summed E-state index contributed by atoms with van der Waals surface area (Å²) in [4.78, 5) is 11.3. The minimum atomic E-state index is 0. The number of carbonyl (C=O) groups excluding carboxylic acids is 1. The monoisotopic (exact) mass is 143 g/mol. The maximum absolute atomic E-state index is 11.3. The second kappa shape index (κ2) is 3.15. The predicted octanol–water partition coefficient (Wildman–Crippen LogP) is 1.21. The van der Waals surface area contributed by atoms with E-state index >= 15 is 0 Å². The SMILES string of the molecule is CC(C)C(=O)[C@@H]1CCCN1.[HH]. The molecule has 0 amide bonds. The minimum Gasteiger partial charge on any atom is -0.307 e. The van der Waals surface area contributed by atoms with Crippen molar-refractivity contribution in [1.82, 2.24) is 5.32 Å². The van der Waals surface area contributed by atoms with Gasteiger partial charge in [0.15, 0.2) is 5.78 Å². The first-order valence-electron chi connectivity index (χ1n) is 3.99. The Bertz CT molecular complexity index is 130. The Hall–Kier alpha value is -0.370. The summed E-state index contributed by atoms with van der Waals surface area (Å²) in [5, 5.41) is 3.19. The van der Waals surface area contributed by atoms with Gasteiger partial charge >= 0.3 is 0 Å². The molecule has 1 atom stereocenters. The summed E-state index contributed by atoms with van der Waals surface area (Å²) < 4.78 is 0. The number of Topliss-reactive ketones (excluding diaryl/α,β-unsaturated/α-hetero) is 1. The predicted molar refractivity (Wildman–Crippen MR) is 43.0 cm³/mol. The molecule has 0 aliphatic carbocycles. The first-order chi connectivity index (χ1) is 4.72. The highest BCUT2D eigenvalue weighted by molar-refractivity contribution is 5.85. The number of hydrogen-bond acceptors (Lipinski definition) is 2. The Balaban J connectivity index is 0.000001000. The van der Waals surface area contributed by atoms with Crippen molar-refractivity contribution in [3.8, 4) is 0 Å². The summed E-state index contributed by atoms with van der Waals surface area (Å²) in [7, 11) is 0. The van der Waals surface area contributed by atoms with Crippen LogP contribution in [0.4, 0.5) is 0 Å². The van der Waals surface area contributed by atoms with E-state index in [4.69, 9.17) is 0 Å². The van der Waals surface area contributed by atoms with Crippen molar-refractivity contribution >= 4 is 5.78 Å². The van der Waals surface area contributed by atoms with Crippen LogP contribution < -0.4 is 5.32 Å². The van der Waals surface area contributed by atoms with Crippen molar-refractivity contribution < 1.29 is 6.22 Å². The van der Waals surface area contributed by atoms with Crippen molar-refractivity contribution in [3.05, 3.63) is 0 Å². The molecule has 1 aliphatic rings. The molecule has 0 aromatic carbocycles. The van der Waals surface area contributed by atoms with Crippen LogP contribution in [0.2, 0.25) is 0 Å². The zero-order valence-corrected chi connectivity index (χ0v) is 6.68. The number of carbonyl (C=O) groups is 1. The first kappa shape index (κ1) is 7.73. The maximum atomic E-state index is 11.3. The third kappa shape index (κ3) is 1.57. The molecule has 60 valence electrons. The van der Waals surface area contributed by atoms with E-state index in [0.717, 1.165) is 19.4 Å². The lowest BCUT2D eigenvalue weighted by atomic mass is 10.0. The van der Waals surface area contributed by atoms with Crippen molar-refractivity contribution in [2.75, 3.05) is 6.54 Å². The molecule has 1 saturated heterocycles. The fraction of sp³-hybridized carbons (Fsp3) is 0.875. The van der Waals surface area contributed by atoms with Gasteiger partial charge in [-0.2, -0.15) is 0 Å². The van der Waals surface area contributed by atoms with E-state index in [0.29, 0.717) is 5.78 Å². The molecule has 0 spiro atoms. The second-order valence-electron chi connectivity index (χ2n) is 3.21. The summed E-state index contributed by atoms with van der Waals surface area (Å²) in [5.41, 5.74) is 0. The molecule has 0 aromatic heterocycles. The van der Waals surface area contributed by atoms with Gasteiger partial charge in [0.2, 0.25) is 0 Å². The molecule has 2 heteroatoms. The molecule has 0 unspecified atom stereocenters. The molecular weight excluding hydrogens is 126 g/mol. The van der Waals surface area contributed by atoms with Crippen LogP contribution in [0.25, 0.3) is 0 Å². The van der Waals surface area contributed by atoms with Crippen molar-refractivity contribution in [1.29, 1.82) is 0 Å². The van der Waals surface area contributed by atoms with Gasteiger partial charge in [-0.3, -0.25) is 4.79 Å². The molecule has 0 bridgehead atoms. The van der Waals surface area contributed by atoms with Gasteiger partial charge in [0, 0.05) is 7.34 Å². The smallest absolute Gasteiger partial charge is 0.152 e. The summed E-state index contributed by atoms with van der Waals surface area (Å²) >= 11 is 0. The zero-order valence-electron chi connectivity index (χ0n) is 6.68. The first-order valence-corrected chi connectivity index (χ1v) is 3.99. The largest absolute Gasteiger partial charge is 0.307 e. The average Bonchev–Trinajstić information content (AvgIpc) is 2.36. The average molecular weight is 143 g/mol. The van der Waals surface area contributed by atoms with Gasteiger partial charge in [-0.25, -0.2) is 0 Å². The van der Waals surface area contributed by atoms with Gasteiger partial charge in [-0.1, -0.05) is 13.8 Å². The van der Waals surface area contributed by atoms with Gasteiger partial charge in [-0.05, 0) is 19.4 Å². The van der Waals surface area contributed by atoms with E-state index in [-0.39, 0.29) is 13.4 Å². The molecule has 1 fully saturated rings. The van der Waals surface area contributed by atoms with E-state index in [9.17, 15) is 4.79 Å². The van der Waals surface area contributed by atoms with Crippen molar-refractivity contribution in [2.24, 2.45) is 5.92 Å². The van der Waals surface area contributed by atoms with Crippen LogP contribution in [0.1, 0.15) is 28.1 Å². The highest BCUT2D eigenvalue weighted by atomic mass is 16.1. The number of nitrogens with one attached hydrogen (secondary N) is 1. The molecule has 0 aromatic rings. The van der Waals surface area contributed by atoms with Gasteiger partial charge in [-0.15, -0.1) is 0 Å². The van der Waals surface area contributed by atoms with Crippen LogP contribution in [0.3, 0.4) is 0 Å².